The summed E-state index contributed by atoms with van der Waals surface area (Å²) in [6, 6.07) is 13.0. The number of aromatic nitrogens is 2. The highest BCUT2D eigenvalue weighted by atomic mass is 32.2. The monoisotopic (exact) mass is 357 g/mol. The highest BCUT2D eigenvalue weighted by Crippen LogP contribution is 2.23. The molecule has 0 aliphatic carbocycles. The van der Waals surface area contributed by atoms with Crippen molar-refractivity contribution < 1.29 is 13.2 Å². The molecule has 25 heavy (non-hydrogen) atoms. The average Bonchev–Trinajstić information content (AvgIpc) is 3.07. The molecule has 6 nitrogen and oxygen atoms in total. The van der Waals surface area contributed by atoms with E-state index in [4.69, 9.17) is 4.74 Å². The van der Waals surface area contributed by atoms with Crippen LogP contribution in [-0.2, 0) is 20.5 Å². The fourth-order valence-electron chi connectivity index (χ4n) is 3.06. The molecule has 1 aliphatic heterocycles. The summed E-state index contributed by atoms with van der Waals surface area (Å²) in [6.45, 7) is 3.04. The maximum atomic E-state index is 12.8. The van der Waals surface area contributed by atoms with E-state index in [0.29, 0.717) is 18.9 Å². The van der Waals surface area contributed by atoms with E-state index in [2.05, 4.69) is 9.88 Å². The van der Waals surface area contributed by atoms with Gasteiger partial charge in [-0.15, -0.1) is 0 Å². The van der Waals surface area contributed by atoms with Gasteiger partial charge in [0.25, 0.3) is 0 Å². The summed E-state index contributed by atoms with van der Waals surface area (Å²) in [4.78, 5) is 6.63. The molecule has 0 unspecified atom stereocenters. The number of pyridine rings is 1. The van der Waals surface area contributed by atoms with Gasteiger partial charge in [0.05, 0.1) is 30.9 Å². The second kappa shape index (κ2) is 6.50. The van der Waals surface area contributed by atoms with E-state index in [9.17, 15) is 8.42 Å². The molecule has 130 valence electrons. The number of nitrogens with zero attached hydrogens (tertiary/aromatic N) is 3. The Morgan fingerprint density at radius 2 is 1.84 bits per heavy atom. The summed E-state index contributed by atoms with van der Waals surface area (Å²) in [5, 5.41) is 0.820. The standard InChI is InChI=1S/C18H19N3O3S/c22-25(23,14-15-4-2-1-3-5-15)21-7-6-16-12-17(13-19-18(16)21)20-8-10-24-11-9-20/h1-7,12-13H,8-11,14H2. The first-order valence-electron chi connectivity index (χ1n) is 8.20. The van der Waals surface area contributed by atoms with Gasteiger partial charge in [0.1, 0.15) is 0 Å². The van der Waals surface area contributed by atoms with Crippen molar-refractivity contribution in [2.75, 3.05) is 31.2 Å². The molecule has 1 fully saturated rings. The Bertz CT molecular complexity index is 977. The lowest BCUT2D eigenvalue weighted by Crippen LogP contribution is -2.36. The van der Waals surface area contributed by atoms with E-state index in [1.54, 1.807) is 18.5 Å². The van der Waals surface area contributed by atoms with E-state index in [1.807, 2.05) is 36.4 Å². The predicted molar refractivity (Wildman–Crippen MR) is 97.2 cm³/mol. The zero-order chi connectivity index (χ0) is 17.3. The van der Waals surface area contributed by atoms with Gasteiger partial charge in [-0.3, -0.25) is 0 Å². The van der Waals surface area contributed by atoms with Gasteiger partial charge in [-0.25, -0.2) is 17.4 Å². The summed E-state index contributed by atoms with van der Waals surface area (Å²) in [5.74, 6) is -0.0511. The predicted octanol–water partition coefficient (Wildman–Crippen LogP) is 2.25. The van der Waals surface area contributed by atoms with Crippen molar-refractivity contribution in [1.82, 2.24) is 8.96 Å². The van der Waals surface area contributed by atoms with Crippen LogP contribution in [0.5, 0.6) is 0 Å². The first-order valence-corrected chi connectivity index (χ1v) is 9.81. The van der Waals surface area contributed by atoms with Gasteiger partial charge in [-0.2, -0.15) is 0 Å². The quantitative estimate of drug-likeness (QED) is 0.717. The summed E-state index contributed by atoms with van der Waals surface area (Å²) < 4.78 is 32.2. The molecule has 4 rings (SSSR count). The minimum atomic E-state index is -3.51. The third kappa shape index (κ3) is 3.25. The molecule has 0 spiro atoms. The van der Waals surface area contributed by atoms with Crippen molar-refractivity contribution in [2.45, 2.75) is 5.75 Å². The van der Waals surface area contributed by atoms with Crippen LogP contribution in [0.15, 0.2) is 54.9 Å². The Hall–Kier alpha value is -2.38. The van der Waals surface area contributed by atoms with E-state index < -0.39 is 10.0 Å². The Kier molecular flexibility index (Phi) is 4.19. The van der Waals surface area contributed by atoms with Gasteiger partial charge >= 0.3 is 0 Å². The van der Waals surface area contributed by atoms with Crippen molar-refractivity contribution >= 4 is 26.7 Å². The summed E-state index contributed by atoms with van der Waals surface area (Å²) >= 11 is 0. The van der Waals surface area contributed by atoms with Crippen LogP contribution in [0.1, 0.15) is 5.56 Å². The third-order valence-electron chi connectivity index (χ3n) is 4.35. The number of hydrogen-bond donors (Lipinski definition) is 0. The minimum absolute atomic E-state index is 0.0511. The van der Waals surface area contributed by atoms with Crippen LogP contribution in [0, 0.1) is 0 Å². The maximum absolute atomic E-state index is 12.8. The number of anilines is 1. The number of hydrogen-bond acceptors (Lipinski definition) is 5. The lowest BCUT2D eigenvalue weighted by Gasteiger charge is -2.28. The fourth-order valence-corrected chi connectivity index (χ4v) is 4.48. The molecule has 0 radical (unpaired) electrons. The number of morpholine rings is 1. The molecule has 0 atom stereocenters. The smallest absolute Gasteiger partial charge is 0.244 e. The van der Waals surface area contributed by atoms with Crippen molar-refractivity contribution in [3.05, 3.63) is 60.4 Å². The molecule has 0 amide bonds. The van der Waals surface area contributed by atoms with E-state index in [-0.39, 0.29) is 5.75 Å². The molecule has 1 aliphatic rings. The first kappa shape index (κ1) is 16.1. The average molecular weight is 357 g/mol. The summed E-state index contributed by atoms with van der Waals surface area (Å²) in [5.41, 5.74) is 2.22. The molecular weight excluding hydrogens is 338 g/mol. The lowest BCUT2D eigenvalue weighted by atomic mass is 10.2. The van der Waals surface area contributed by atoms with Gasteiger partial charge in [-0.1, -0.05) is 30.3 Å². The van der Waals surface area contributed by atoms with E-state index >= 15 is 0 Å². The van der Waals surface area contributed by atoms with Crippen LogP contribution in [-0.4, -0.2) is 43.7 Å². The first-order chi connectivity index (χ1) is 12.1. The molecule has 7 heteroatoms. The van der Waals surface area contributed by atoms with Crippen LogP contribution in [0.4, 0.5) is 5.69 Å². The van der Waals surface area contributed by atoms with Crippen molar-refractivity contribution in [3.8, 4) is 0 Å². The number of rotatable bonds is 4. The van der Waals surface area contributed by atoms with Crippen LogP contribution in [0.3, 0.4) is 0 Å². The topological polar surface area (TPSA) is 64.4 Å². The van der Waals surface area contributed by atoms with Gasteiger partial charge < -0.3 is 9.64 Å². The number of fused-ring (bicyclic) bond motifs is 1. The van der Waals surface area contributed by atoms with Gasteiger partial charge in [0.15, 0.2) is 5.65 Å². The summed E-state index contributed by atoms with van der Waals surface area (Å²) in [6.07, 6.45) is 3.32. The van der Waals surface area contributed by atoms with E-state index in [1.165, 1.54) is 3.97 Å². The second-order valence-corrected chi connectivity index (χ2v) is 7.91. The Balaban J connectivity index is 1.66. The Labute approximate surface area is 146 Å². The fraction of sp³-hybridized carbons (Fsp3) is 0.278. The third-order valence-corrected chi connectivity index (χ3v) is 5.94. The second-order valence-electron chi connectivity index (χ2n) is 6.06. The van der Waals surface area contributed by atoms with E-state index in [0.717, 1.165) is 29.7 Å². The molecule has 0 saturated carbocycles. The number of ether oxygens (including phenoxy) is 1. The highest BCUT2D eigenvalue weighted by Gasteiger charge is 2.19. The van der Waals surface area contributed by atoms with Gasteiger partial charge in [0.2, 0.25) is 10.0 Å². The van der Waals surface area contributed by atoms with Crippen molar-refractivity contribution in [3.63, 3.8) is 0 Å². The van der Waals surface area contributed by atoms with Crippen LogP contribution in [0.25, 0.3) is 11.0 Å². The minimum Gasteiger partial charge on any atom is -0.378 e. The SMILES string of the molecule is O=S(=O)(Cc1ccccc1)n1ccc2cc(N3CCOCC3)cnc21. The molecule has 0 N–H and O–H groups in total. The Morgan fingerprint density at radius 3 is 2.60 bits per heavy atom. The van der Waals surface area contributed by atoms with Crippen LogP contribution < -0.4 is 4.90 Å². The van der Waals surface area contributed by atoms with Crippen LogP contribution in [0.2, 0.25) is 0 Å². The largest absolute Gasteiger partial charge is 0.378 e. The maximum Gasteiger partial charge on any atom is 0.244 e. The molecule has 1 aromatic carbocycles. The number of benzene rings is 1. The normalized spacial score (nSPS) is 15.6. The zero-order valence-corrected chi connectivity index (χ0v) is 14.5. The molecule has 3 heterocycles. The molecule has 1 saturated heterocycles. The van der Waals surface area contributed by atoms with Crippen molar-refractivity contribution in [1.29, 1.82) is 0 Å². The molecule has 2 aromatic heterocycles. The van der Waals surface area contributed by atoms with Crippen molar-refractivity contribution in [2.24, 2.45) is 0 Å². The van der Waals surface area contributed by atoms with Gasteiger partial charge in [-0.05, 0) is 17.7 Å². The lowest BCUT2D eigenvalue weighted by molar-refractivity contribution is 0.122. The van der Waals surface area contributed by atoms with Gasteiger partial charge in [0, 0.05) is 24.7 Å². The Morgan fingerprint density at radius 1 is 1.08 bits per heavy atom. The molecular formula is C18H19N3O3S. The molecule has 0 bridgehead atoms. The molecule has 3 aromatic rings. The van der Waals surface area contributed by atoms with Crippen LogP contribution >= 0.6 is 0 Å². The zero-order valence-electron chi connectivity index (χ0n) is 13.7. The summed E-state index contributed by atoms with van der Waals surface area (Å²) in [7, 11) is -3.51. The highest BCUT2D eigenvalue weighted by molar-refractivity contribution is 7.89.